The lowest BCUT2D eigenvalue weighted by Crippen LogP contribution is -2.27. The van der Waals surface area contributed by atoms with Crippen molar-refractivity contribution in [3.05, 3.63) is 86.3 Å². The highest BCUT2D eigenvalue weighted by Crippen LogP contribution is 2.35. The van der Waals surface area contributed by atoms with Crippen LogP contribution in [0.4, 0.5) is 0 Å². The first-order valence-electron chi connectivity index (χ1n) is 9.14. The quantitative estimate of drug-likeness (QED) is 0.334. The molecule has 3 heterocycles. The zero-order valence-corrected chi connectivity index (χ0v) is 19.4. The molecule has 2 aromatic heterocycles. The zero-order chi connectivity index (χ0) is 21.4. The fraction of sp³-hybridized carbons (Fsp3) is 0.136. The molecule has 1 aliphatic rings. The van der Waals surface area contributed by atoms with Gasteiger partial charge in [-0.15, -0.1) is 0 Å². The average Bonchev–Trinajstić information content (AvgIpc) is 3.15. The second-order valence-electron chi connectivity index (χ2n) is 6.89. The lowest BCUT2D eigenvalue weighted by Gasteiger charge is -2.13. The summed E-state index contributed by atoms with van der Waals surface area (Å²) < 4.78 is 2.64. The van der Waals surface area contributed by atoms with Crippen LogP contribution in [-0.2, 0) is 11.3 Å². The molecule has 3 aromatic rings. The van der Waals surface area contributed by atoms with Gasteiger partial charge in [-0.05, 0) is 61.4 Å². The summed E-state index contributed by atoms with van der Waals surface area (Å²) in [6.07, 6.45) is 5.35. The van der Waals surface area contributed by atoms with Crippen molar-refractivity contribution in [3.63, 3.8) is 0 Å². The van der Waals surface area contributed by atoms with Crippen LogP contribution in [0.2, 0.25) is 10.0 Å². The number of carbonyl (C=O) groups excluding carboxylic acids is 1. The molecule has 4 nitrogen and oxygen atoms in total. The highest BCUT2D eigenvalue weighted by molar-refractivity contribution is 8.26. The number of hydrogen-bond donors (Lipinski definition) is 0. The number of hydrogen-bond acceptors (Lipinski definition) is 4. The molecule has 1 fully saturated rings. The number of pyridine rings is 1. The highest BCUT2D eigenvalue weighted by Gasteiger charge is 2.32. The molecule has 4 rings (SSSR count). The Morgan fingerprint density at radius 2 is 1.97 bits per heavy atom. The molecular weight excluding hydrogens is 457 g/mol. The SMILES string of the molecule is Cc1cc(C=C2SC(=S)N(Cc3cccnc3)C2=O)c(C)n1-c1ccc(Cl)c(Cl)c1. The molecule has 0 atom stereocenters. The zero-order valence-electron chi connectivity index (χ0n) is 16.2. The van der Waals surface area contributed by atoms with Crippen LogP contribution in [0.5, 0.6) is 0 Å². The van der Waals surface area contributed by atoms with E-state index in [0.717, 1.165) is 28.2 Å². The minimum Gasteiger partial charge on any atom is -0.318 e. The summed E-state index contributed by atoms with van der Waals surface area (Å²) in [6, 6.07) is 11.4. The van der Waals surface area contributed by atoms with Gasteiger partial charge >= 0.3 is 0 Å². The first-order chi connectivity index (χ1) is 14.3. The largest absolute Gasteiger partial charge is 0.318 e. The number of halogens is 2. The van der Waals surface area contributed by atoms with Crippen LogP contribution in [-0.4, -0.2) is 24.7 Å². The molecule has 1 saturated heterocycles. The summed E-state index contributed by atoms with van der Waals surface area (Å²) in [5.74, 6) is -0.0896. The number of rotatable bonds is 4. The van der Waals surface area contributed by atoms with E-state index in [9.17, 15) is 4.79 Å². The smallest absolute Gasteiger partial charge is 0.266 e. The molecule has 8 heteroatoms. The minimum atomic E-state index is -0.0896. The van der Waals surface area contributed by atoms with Crippen molar-refractivity contribution in [2.24, 2.45) is 0 Å². The Morgan fingerprint density at radius 3 is 2.67 bits per heavy atom. The molecule has 0 spiro atoms. The summed E-state index contributed by atoms with van der Waals surface area (Å²) in [4.78, 5) is 19.3. The molecule has 1 aliphatic heterocycles. The van der Waals surface area contributed by atoms with Gasteiger partial charge in [-0.25, -0.2) is 0 Å². The normalized spacial score (nSPS) is 15.5. The molecule has 0 radical (unpaired) electrons. The van der Waals surface area contributed by atoms with Crippen LogP contribution in [0.15, 0.2) is 53.7 Å². The first-order valence-corrected chi connectivity index (χ1v) is 11.1. The van der Waals surface area contributed by atoms with Crippen LogP contribution in [0.3, 0.4) is 0 Å². The van der Waals surface area contributed by atoms with Crippen molar-refractivity contribution in [2.75, 3.05) is 0 Å². The van der Waals surface area contributed by atoms with E-state index >= 15 is 0 Å². The number of aryl methyl sites for hydroxylation is 1. The second-order valence-corrected chi connectivity index (χ2v) is 9.38. The predicted octanol–water partition coefficient (Wildman–Crippen LogP) is 6.20. The van der Waals surface area contributed by atoms with E-state index in [4.69, 9.17) is 35.4 Å². The Balaban J connectivity index is 1.64. The van der Waals surface area contributed by atoms with Crippen LogP contribution in [0.25, 0.3) is 11.8 Å². The van der Waals surface area contributed by atoms with Crippen LogP contribution >= 0.6 is 47.2 Å². The fourth-order valence-electron chi connectivity index (χ4n) is 3.41. The summed E-state index contributed by atoms with van der Waals surface area (Å²) in [7, 11) is 0. The number of carbonyl (C=O) groups is 1. The lowest BCUT2D eigenvalue weighted by atomic mass is 10.2. The van der Waals surface area contributed by atoms with Gasteiger partial charge in [0, 0.05) is 29.5 Å². The molecule has 0 N–H and O–H groups in total. The summed E-state index contributed by atoms with van der Waals surface area (Å²) in [5, 5.41) is 1.01. The monoisotopic (exact) mass is 473 g/mol. The number of thioether (sulfide) groups is 1. The second kappa shape index (κ2) is 8.55. The molecule has 152 valence electrons. The maximum atomic E-state index is 13.0. The summed E-state index contributed by atoms with van der Waals surface area (Å²) >= 11 is 19.0. The Bertz CT molecular complexity index is 1190. The number of amides is 1. The molecular formula is C22H17Cl2N3OS2. The Kier molecular flexibility index (Phi) is 6.02. The number of aromatic nitrogens is 2. The number of benzene rings is 1. The predicted molar refractivity (Wildman–Crippen MR) is 128 cm³/mol. The number of thiocarbonyl (C=S) groups is 1. The molecule has 0 aliphatic carbocycles. The maximum Gasteiger partial charge on any atom is 0.266 e. The van der Waals surface area contributed by atoms with Gasteiger partial charge in [-0.1, -0.05) is 53.2 Å². The molecule has 0 bridgehead atoms. The van der Waals surface area contributed by atoms with E-state index in [1.807, 2.05) is 50.3 Å². The molecule has 1 aromatic carbocycles. The Hall–Kier alpha value is -2.12. The molecule has 0 saturated carbocycles. The van der Waals surface area contributed by atoms with Crippen LogP contribution < -0.4 is 0 Å². The van der Waals surface area contributed by atoms with Gasteiger partial charge < -0.3 is 4.57 Å². The van der Waals surface area contributed by atoms with Crippen LogP contribution in [0.1, 0.15) is 22.5 Å². The summed E-state index contributed by atoms with van der Waals surface area (Å²) in [6.45, 7) is 4.44. The van der Waals surface area contributed by atoms with Crippen molar-refractivity contribution in [3.8, 4) is 5.69 Å². The molecule has 30 heavy (non-hydrogen) atoms. The number of nitrogens with zero attached hydrogens (tertiary/aromatic N) is 3. The van der Waals surface area contributed by atoms with Crippen LogP contribution in [0, 0.1) is 13.8 Å². The summed E-state index contributed by atoms with van der Waals surface area (Å²) in [5.41, 5.74) is 4.85. The third-order valence-electron chi connectivity index (χ3n) is 4.86. The third-order valence-corrected chi connectivity index (χ3v) is 6.97. The van der Waals surface area contributed by atoms with E-state index < -0.39 is 0 Å². The van der Waals surface area contributed by atoms with Crippen molar-refractivity contribution >= 4 is 63.5 Å². The van der Waals surface area contributed by atoms with Gasteiger partial charge in [0.1, 0.15) is 4.32 Å². The highest BCUT2D eigenvalue weighted by atomic mass is 35.5. The molecule has 0 unspecified atom stereocenters. The standard InChI is InChI=1S/C22H17Cl2N3OS2/c1-13-8-16(14(2)27(13)17-5-6-18(23)19(24)10-17)9-20-21(28)26(22(29)30-20)12-15-4-3-7-25-11-15/h3-11H,12H2,1-2H3. The van der Waals surface area contributed by atoms with E-state index in [-0.39, 0.29) is 5.91 Å². The van der Waals surface area contributed by atoms with Crippen molar-refractivity contribution in [2.45, 2.75) is 20.4 Å². The van der Waals surface area contributed by atoms with E-state index in [2.05, 4.69) is 9.55 Å². The van der Waals surface area contributed by atoms with E-state index in [0.29, 0.717) is 25.8 Å². The van der Waals surface area contributed by atoms with Crippen molar-refractivity contribution < 1.29 is 4.79 Å². The van der Waals surface area contributed by atoms with Crippen molar-refractivity contribution in [1.29, 1.82) is 0 Å². The van der Waals surface area contributed by atoms with Crippen molar-refractivity contribution in [1.82, 2.24) is 14.5 Å². The van der Waals surface area contributed by atoms with Gasteiger partial charge in [0.2, 0.25) is 0 Å². The van der Waals surface area contributed by atoms with Gasteiger partial charge in [0.25, 0.3) is 5.91 Å². The minimum absolute atomic E-state index is 0.0896. The maximum absolute atomic E-state index is 13.0. The first kappa shape index (κ1) is 21.1. The lowest BCUT2D eigenvalue weighted by molar-refractivity contribution is -0.122. The fourth-order valence-corrected chi connectivity index (χ4v) is 4.95. The Morgan fingerprint density at radius 1 is 1.17 bits per heavy atom. The average molecular weight is 474 g/mol. The molecule has 1 amide bonds. The van der Waals surface area contributed by atoms with E-state index in [1.165, 1.54) is 11.8 Å². The third kappa shape index (κ3) is 4.05. The van der Waals surface area contributed by atoms with E-state index in [1.54, 1.807) is 23.4 Å². The van der Waals surface area contributed by atoms with Gasteiger partial charge in [-0.2, -0.15) is 0 Å². The van der Waals surface area contributed by atoms with Gasteiger partial charge in [-0.3, -0.25) is 14.7 Å². The Labute approximate surface area is 194 Å². The van der Waals surface area contributed by atoms with Gasteiger partial charge in [0.05, 0.1) is 21.5 Å². The van der Waals surface area contributed by atoms with Gasteiger partial charge in [0.15, 0.2) is 0 Å². The topological polar surface area (TPSA) is 38.1 Å².